The van der Waals surface area contributed by atoms with Gasteiger partial charge in [-0.05, 0) is 25.0 Å². The average molecular weight is 294 g/mol. The Balaban J connectivity index is 1.97. The minimum absolute atomic E-state index is 0.139. The van der Waals surface area contributed by atoms with Gasteiger partial charge in [0.1, 0.15) is 11.5 Å². The number of hydrogen-bond acceptors (Lipinski definition) is 4. The number of ether oxygens (including phenoxy) is 2. The predicted molar refractivity (Wildman–Crippen MR) is 83.2 cm³/mol. The summed E-state index contributed by atoms with van der Waals surface area (Å²) in [6.45, 7) is 0. The van der Waals surface area contributed by atoms with Crippen LogP contribution in [0.1, 0.15) is 42.5 Å². The van der Waals surface area contributed by atoms with E-state index in [1.807, 2.05) is 0 Å². The molecule has 2 rings (SSSR count). The highest BCUT2D eigenvalue weighted by Gasteiger charge is 2.18. The number of carbonyl (C=O) groups is 1. The maximum atomic E-state index is 12.3. The van der Waals surface area contributed by atoms with Gasteiger partial charge in [0.2, 0.25) is 0 Å². The van der Waals surface area contributed by atoms with Gasteiger partial charge in [0.15, 0.2) is 5.78 Å². The second-order valence-corrected chi connectivity index (χ2v) is 6.35. The zero-order valence-corrected chi connectivity index (χ0v) is 13.0. The summed E-state index contributed by atoms with van der Waals surface area (Å²) < 4.78 is 10.4. The summed E-state index contributed by atoms with van der Waals surface area (Å²) in [5, 5.41) is 0.650. The normalized spacial score (nSPS) is 15.9. The maximum Gasteiger partial charge on any atom is 0.176 e. The Labute approximate surface area is 125 Å². The molecular formula is C16H22O3S. The summed E-state index contributed by atoms with van der Waals surface area (Å²) in [5.41, 5.74) is 0.650. The molecule has 0 bridgehead atoms. The van der Waals surface area contributed by atoms with Gasteiger partial charge < -0.3 is 9.47 Å². The van der Waals surface area contributed by atoms with Crippen LogP contribution in [0.3, 0.4) is 0 Å². The fourth-order valence-corrected chi connectivity index (χ4v) is 3.74. The molecule has 0 amide bonds. The molecule has 0 saturated heterocycles. The van der Waals surface area contributed by atoms with Crippen molar-refractivity contribution in [2.45, 2.75) is 37.4 Å². The first-order valence-corrected chi connectivity index (χ1v) is 8.16. The van der Waals surface area contributed by atoms with Crippen molar-refractivity contribution in [3.8, 4) is 11.5 Å². The lowest BCUT2D eigenvalue weighted by Crippen LogP contribution is -2.12. The highest BCUT2D eigenvalue weighted by molar-refractivity contribution is 8.00. The first-order chi connectivity index (χ1) is 9.74. The third-order valence-electron chi connectivity index (χ3n) is 3.71. The Morgan fingerprint density at radius 1 is 1.20 bits per heavy atom. The highest BCUT2D eigenvalue weighted by Crippen LogP contribution is 2.30. The summed E-state index contributed by atoms with van der Waals surface area (Å²) >= 11 is 1.79. The number of rotatable bonds is 6. The maximum absolute atomic E-state index is 12.3. The molecule has 1 saturated carbocycles. The minimum atomic E-state index is 0.139. The van der Waals surface area contributed by atoms with Crippen LogP contribution in [-0.4, -0.2) is 31.0 Å². The van der Waals surface area contributed by atoms with Crippen LogP contribution in [-0.2, 0) is 0 Å². The van der Waals surface area contributed by atoms with Gasteiger partial charge in [-0.3, -0.25) is 4.79 Å². The molecule has 1 fully saturated rings. The molecule has 1 aliphatic rings. The lowest BCUT2D eigenvalue weighted by molar-refractivity contribution is 0.101. The largest absolute Gasteiger partial charge is 0.497 e. The van der Waals surface area contributed by atoms with Gasteiger partial charge in [-0.15, -0.1) is 0 Å². The predicted octanol–water partition coefficient (Wildman–Crippen LogP) is 3.95. The number of benzene rings is 1. The topological polar surface area (TPSA) is 35.5 Å². The fraction of sp³-hybridized carbons (Fsp3) is 0.562. The Morgan fingerprint density at radius 3 is 2.60 bits per heavy atom. The zero-order valence-electron chi connectivity index (χ0n) is 12.2. The molecule has 0 unspecified atom stereocenters. The molecule has 4 heteroatoms. The van der Waals surface area contributed by atoms with E-state index in [2.05, 4.69) is 0 Å². The summed E-state index contributed by atoms with van der Waals surface area (Å²) in [6, 6.07) is 5.36. The van der Waals surface area contributed by atoms with E-state index in [1.54, 1.807) is 44.2 Å². The van der Waals surface area contributed by atoms with Gasteiger partial charge in [-0.2, -0.15) is 11.8 Å². The van der Waals surface area contributed by atoms with Gasteiger partial charge in [0, 0.05) is 11.3 Å². The number of ketones is 1. The van der Waals surface area contributed by atoms with Crippen LogP contribution >= 0.6 is 11.8 Å². The van der Waals surface area contributed by atoms with Crippen molar-refractivity contribution in [3.05, 3.63) is 23.8 Å². The second-order valence-electron chi connectivity index (χ2n) is 5.06. The molecule has 110 valence electrons. The van der Waals surface area contributed by atoms with Crippen LogP contribution in [0.5, 0.6) is 11.5 Å². The number of Topliss-reactive ketones (excluding diaryl/α,β-unsaturated/α-hetero) is 1. The van der Waals surface area contributed by atoms with Gasteiger partial charge in [-0.1, -0.05) is 19.3 Å². The van der Waals surface area contributed by atoms with Crippen molar-refractivity contribution in [1.29, 1.82) is 0 Å². The van der Waals surface area contributed by atoms with Crippen LogP contribution in [0.15, 0.2) is 18.2 Å². The van der Waals surface area contributed by atoms with Gasteiger partial charge >= 0.3 is 0 Å². The smallest absolute Gasteiger partial charge is 0.176 e. The number of methoxy groups -OCH3 is 2. The van der Waals surface area contributed by atoms with Crippen LogP contribution in [0.25, 0.3) is 0 Å². The van der Waals surface area contributed by atoms with Crippen molar-refractivity contribution in [2.24, 2.45) is 0 Å². The number of hydrogen-bond donors (Lipinski definition) is 0. The first kappa shape index (κ1) is 15.2. The van der Waals surface area contributed by atoms with E-state index in [1.165, 1.54) is 32.1 Å². The van der Waals surface area contributed by atoms with Crippen molar-refractivity contribution in [2.75, 3.05) is 20.0 Å². The molecule has 0 radical (unpaired) electrons. The van der Waals surface area contributed by atoms with Gasteiger partial charge in [0.25, 0.3) is 0 Å². The van der Waals surface area contributed by atoms with Crippen LogP contribution in [0.4, 0.5) is 0 Å². The molecule has 0 atom stereocenters. The Hall–Kier alpha value is -1.16. The molecule has 0 N–H and O–H groups in total. The Morgan fingerprint density at radius 2 is 1.95 bits per heavy atom. The molecule has 1 aromatic rings. The van der Waals surface area contributed by atoms with E-state index in [4.69, 9.17) is 9.47 Å². The van der Waals surface area contributed by atoms with E-state index < -0.39 is 0 Å². The van der Waals surface area contributed by atoms with Gasteiger partial charge in [0.05, 0.1) is 25.5 Å². The molecule has 0 aromatic heterocycles. The quantitative estimate of drug-likeness (QED) is 0.744. The molecule has 1 aromatic carbocycles. The van der Waals surface area contributed by atoms with E-state index in [-0.39, 0.29) is 5.78 Å². The van der Waals surface area contributed by atoms with E-state index in [0.29, 0.717) is 28.1 Å². The molecule has 3 nitrogen and oxygen atoms in total. The summed E-state index contributed by atoms with van der Waals surface area (Å²) in [4.78, 5) is 12.3. The van der Waals surface area contributed by atoms with Crippen LogP contribution in [0.2, 0.25) is 0 Å². The lowest BCUT2D eigenvalue weighted by atomic mass is 10.0. The number of thioether (sulfide) groups is 1. The van der Waals surface area contributed by atoms with E-state index in [0.717, 1.165) is 0 Å². The molecule has 0 aliphatic heterocycles. The van der Waals surface area contributed by atoms with Crippen LogP contribution < -0.4 is 9.47 Å². The monoisotopic (exact) mass is 294 g/mol. The van der Waals surface area contributed by atoms with Gasteiger partial charge in [-0.25, -0.2) is 0 Å². The molecule has 1 aliphatic carbocycles. The minimum Gasteiger partial charge on any atom is -0.497 e. The standard InChI is InChI=1S/C16H22O3S/c1-18-12-8-9-14(16(10-12)19-2)15(17)11-20-13-6-4-3-5-7-13/h8-10,13H,3-7,11H2,1-2H3. The first-order valence-electron chi connectivity index (χ1n) is 7.11. The summed E-state index contributed by atoms with van der Waals surface area (Å²) in [6.07, 6.45) is 6.45. The van der Waals surface area contributed by atoms with Crippen molar-refractivity contribution in [1.82, 2.24) is 0 Å². The van der Waals surface area contributed by atoms with Crippen molar-refractivity contribution in [3.63, 3.8) is 0 Å². The third kappa shape index (κ3) is 3.92. The highest BCUT2D eigenvalue weighted by atomic mass is 32.2. The Bertz CT molecular complexity index is 453. The Kier molecular flexibility index (Phi) is 5.77. The zero-order chi connectivity index (χ0) is 14.4. The third-order valence-corrected chi connectivity index (χ3v) is 5.08. The van der Waals surface area contributed by atoms with E-state index >= 15 is 0 Å². The molecule has 20 heavy (non-hydrogen) atoms. The number of carbonyl (C=O) groups excluding carboxylic acids is 1. The SMILES string of the molecule is COc1ccc(C(=O)CSC2CCCCC2)c(OC)c1. The van der Waals surface area contributed by atoms with E-state index in [9.17, 15) is 4.79 Å². The average Bonchev–Trinajstić information content (AvgIpc) is 2.52. The molecule has 0 spiro atoms. The van der Waals surface area contributed by atoms with Crippen molar-refractivity contribution >= 4 is 17.5 Å². The van der Waals surface area contributed by atoms with Crippen molar-refractivity contribution < 1.29 is 14.3 Å². The van der Waals surface area contributed by atoms with Crippen LogP contribution in [0, 0.1) is 0 Å². The lowest BCUT2D eigenvalue weighted by Gasteiger charge is -2.20. The summed E-state index contributed by atoms with van der Waals surface area (Å²) in [5.74, 6) is 1.98. The molecular weight excluding hydrogens is 272 g/mol. The fourth-order valence-electron chi connectivity index (χ4n) is 2.53. The summed E-state index contributed by atoms with van der Waals surface area (Å²) in [7, 11) is 3.19. The molecule has 0 heterocycles. The second kappa shape index (κ2) is 7.58.